The van der Waals surface area contributed by atoms with Gasteiger partial charge in [-0.1, -0.05) is 12.1 Å². The molecule has 1 saturated carbocycles. The number of amides is 1. The molecule has 1 aromatic rings. The molecule has 5 nitrogen and oxygen atoms in total. The molecule has 1 aliphatic heterocycles. The quantitative estimate of drug-likeness (QED) is 0.777. The predicted molar refractivity (Wildman–Crippen MR) is 88.6 cm³/mol. The molecule has 1 aliphatic carbocycles. The molecule has 0 spiro atoms. The Morgan fingerprint density at radius 3 is 2.70 bits per heavy atom. The number of ether oxygens (including phenoxy) is 1. The maximum atomic E-state index is 12.3. The molecule has 1 fully saturated rings. The molecule has 1 atom stereocenters. The third kappa shape index (κ3) is 3.84. The van der Waals surface area contributed by atoms with Crippen LogP contribution in [-0.2, 0) is 9.63 Å². The van der Waals surface area contributed by atoms with E-state index in [4.69, 9.17) is 9.57 Å². The summed E-state index contributed by atoms with van der Waals surface area (Å²) in [6.45, 7) is 3.53. The molecule has 0 aromatic heterocycles. The van der Waals surface area contributed by atoms with E-state index in [1.165, 1.54) is 0 Å². The predicted octanol–water partition coefficient (Wildman–Crippen LogP) is 2.84. The van der Waals surface area contributed by atoms with Crippen LogP contribution in [0, 0.1) is 5.92 Å². The van der Waals surface area contributed by atoms with Crippen LogP contribution < -0.4 is 4.74 Å². The molecular formula is C18H24N2O3. The molecule has 0 bridgehead atoms. The first-order valence-electron chi connectivity index (χ1n) is 8.37. The molecule has 1 aromatic carbocycles. The highest BCUT2D eigenvalue weighted by Crippen LogP contribution is 2.31. The lowest BCUT2D eigenvalue weighted by Gasteiger charge is -2.24. The summed E-state index contributed by atoms with van der Waals surface area (Å²) in [6, 6.07) is 7.82. The normalized spacial score (nSPS) is 19.9. The van der Waals surface area contributed by atoms with Gasteiger partial charge in [0.1, 0.15) is 5.75 Å². The van der Waals surface area contributed by atoms with Crippen LogP contribution in [0.2, 0.25) is 0 Å². The number of carbonyl (C=O) groups is 1. The van der Waals surface area contributed by atoms with Crippen LogP contribution in [0.15, 0.2) is 29.4 Å². The Balaban J connectivity index is 1.57. The minimum absolute atomic E-state index is 0.0404. The van der Waals surface area contributed by atoms with Crippen molar-refractivity contribution in [2.75, 3.05) is 20.2 Å². The SMILES string of the molecule is CCCN(C[C@@H]1CC(c2ccc(OC)cc2)=NO1)C(=O)C1CC1. The number of hydrogen-bond donors (Lipinski definition) is 0. The van der Waals surface area contributed by atoms with E-state index in [0.717, 1.165) is 49.3 Å². The topological polar surface area (TPSA) is 51.1 Å². The number of nitrogens with zero attached hydrogens (tertiary/aromatic N) is 2. The van der Waals surface area contributed by atoms with Crippen LogP contribution in [0.5, 0.6) is 5.75 Å². The fourth-order valence-corrected chi connectivity index (χ4v) is 2.88. The number of carbonyl (C=O) groups excluding carboxylic acids is 1. The van der Waals surface area contributed by atoms with Gasteiger partial charge < -0.3 is 14.5 Å². The Labute approximate surface area is 137 Å². The van der Waals surface area contributed by atoms with Crippen LogP contribution >= 0.6 is 0 Å². The molecule has 1 heterocycles. The first-order chi connectivity index (χ1) is 11.2. The minimum Gasteiger partial charge on any atom is -0.497 e. The number of rotatable bonds is 7. The summed E-state index contributed by atoms with van der Waals surface area (Å²) >= 11 is 0. The van der Waals surface area contributed by atoms with E-state index in [-0.39, 0.29) is 17.9 Å². The lowest BCUT2D eigenvalue weighted by molar-refractivity contribution is -0.134. The van der Waals surface area contributed by atoms with Crippen molar-refractivity contribution in [3.05, 3.63) is 29.8 Å². The highest BCUT2D eigenvalue weighted by molar-refractivity contribution is 6.01. The second-order valence-electron chi connectivity index (χ2n) is 6.26. The lowest BCUT2D eigenvalue weighted by atomic mass is 10.0. The molecule has 0 saturated heterocycles. The fraction of sp³-hybridized carbons (Fsp3) is 0.556. The van der Waals surface area contributed by atoms with E-state index in [2.05, 4.69) is 12.1 Å². The minimum atomic E-state index is -0.0404. The van der Waals surface area contributed by atoms with Crippen molar-refractivity contribution in [1.82, 2.24) is 4.90 Å². The molecular weight excluding hydrogens is 292 g/mol. The maximum absolute atomic E-state index is 12.3. The van der Waals surface area contributed by atoms with Gasteiger partial charge in [0.15, 0.2) is 6.10 Å². The van der Waals surface area contributed by atoms with Gasteiger partial charge >= 0.3 is 0 Å². The van der Waals surface area contributed by atoms with Gasteiger partial charge in [-0.15, -0.1) is 0 Å². The highest BCUT2D eigenvalue weighted by atomic mass is 16.6. The van der Waals surface area contributed by atoms with Crippen molar-refractivity contribution in [2.24, 2.45) is 11.1 Å². The Morgan fingerprint density at radius 1 is 1.35 bits per heavy atom. The zero-order chi connectivity index (χ0) is 16.2. The summed E-state index contributed by atoms with van der Waals surface area (Å²) in [5.74, 6) is 1.37. The van der Waals surface area contributed by atoms with Crippen LogP contribution in [0.25, 0.3) is 0 Å². The van der Waals surface area contributed by atoms with Crippen LogP contribution in [0.4, 0.5) is 0 Å². The van der Waals surface area contributed by atoms with Crippen molar-refractivity contribution >= 4 is 11.6 Å². The monoisotopic (exact) mass is 316 g/mol. The first-order valence-corrected chi connectivity index (χ1v) is 8.37. The lowest BCUT2D eigenvalue weighted by Crippen LogP contribution is -2.39. The highest BCUT2D eigenvalue weighted by Gasteiger charge is 2.35. The molecule has 0 N–H and O–H groups in total. The molecule has 0 unspecified atom stereocenters. The molecule has 23 heavy (non-hydrogen) atoms. The van der Waals surface area contributed by atoms with Gasteiger partial charge in [0.05, 0.1) is 19.4 Å². The second kappa shape index (κ2) is 7.02. The Bertz CT molecular complexity index is 578. The van der Waals surface area contributed by atoms with E-state index in [9.17, 15) is 4.79 Å². The van der Waals surface area contributed by atoms with Gasteiger partial charge in [-0.3, -0.25) is 4.79 Å². The Morgan fingerprint density at radius 2 is 2.09 bits per heavy atom. The van der Waals surface area contributed by atoms with E-state index in [0.29, 0.717) is 6.54 Å². The summed E-state index contributed by atoms with van der Waals surface area (Å²) in [5.41, 5.74) is 1.98. The number of hydrogen-bond acceptors (Lipinski definition) is 4. The summed E-state index contributed by atoms with van der Waals surface area (Å²) in [4.78, 5) is 19.8. The average Bonchev–Trinajstić information content (AvgIpc) is 3.33. The van der Waals surface area contributed by atoms with Crippen molar-refractivity contribution in [2.45, 2.75) is 38.7 Å². The van der Waals surface area contributed by atoms with Crippen LogP contribution in [0.3, 0.4) is 0 Å². The third-order valence-electron chi connectivity index (χ3n) is 4.31. The fourth-order valence-electron chi connectivity index (χ4n) is 2.88. The number of oxime groups is 1. The van der Waals surface area contributed by atoms with Crippen LogP contribution in [0.1, 0.15) is 38.2 Å². The van der Waals surface area contributed by atoms with Gasteiger partial charge in [-0.05, 0) is 49.1 Å². The van der Waals surface area contributed by atoms with Gasteiger partial charge in [0, 0.05) is 18.9 Å². The summed E-state index contributed by atoms with van der Waals surface area (Å²) in [6.07, 6.45) is 3.75. The maximum Gasteiger partial charge on any atom is 0.225 e. The van der Waals surface area contributed by atoms with Crippen LogP contribution in [-0.4, -0.2) is 42.8 Å². The molecule has 124 valence electrons. The van der Waals surface area contributed by atoms with E-state index in [1.54, 1.807) is 7.11 Å². The Kier molecular flexibility index (Phi) is 4.84. The number of benzene rings is 1. The molecule has 1 amide bonds. The largest absolute Gasteiger partial charge is 0.497 e. The summed E-state index contributed by atoms with van der Waals surface area (Å²) in [5, 5.41) is 4.21. The van der Waals surface area contributed by atoms with Gasteiger partial charge in [-0.25, -0.2) is 0 Å². The van der Waals surface area contributed by atoms with Crippen molar-refractivity contribution < 1.29 is 14.4 Å². The van der Waals surface area contributed by atoms with E-state index >= 15 is 0 Å². The summed E-state index contributed by atoms with van der Waals surface area (Å²) < 4.78 is 5.17. The van der Waals surface area contributed by atoms with E-state index in [1.807, 2.05) is 29.2 Å². The van der Waals surface area contributed by atoms with Crippen molar-refractivity contribution in [3.63, 3.8) is 0 Å². The second-order valence-corrected chi connectivity index (χ2v) is 6.26. The van der Waals surface area contributed by atoms with Crippen molar-refractivity contribution in [3.8, 4) is 5.75 Å². The summed E-state index contributed by atoms with van der Waals surface area (Å²) in [7, 11) is 1.65. The zero-order valence-electron chi connectivity index (χ0n) is 13.8. The number of methoxy groups -OCH3 is 1. The smallest absolute Gasteiger partial charge is 0.225 e. The third-order valence-corrected chi connectivity index (χ3v) is 4.31. The molecule has 2 aliphatic rings. The van der Waals surface area contributed by atoms with Gasteiger partial charge in [0.25, 0.3) is 0 Å². The zero-order valence-corrected chi connectivity index (χ0v) is 13.8. The molecule has 5 heteroatoms. The van der Waals surface area contributed by atoms with Gasteiger partial charge in [-0.2, -0.15) is 0 Å². The molecule has 3 rings (SSSR count). The van der Waals surface area contributed by atoms with E-state index < -0.39 is 0 Å². The Hall–Kier alpha value is -2.04. The average molecular weight is 316 g/mol. The van der Waals surface area contributed by atoms with Gasteiger partial charge in [0.2, 0.25) is 5.91 Å². The molecule has 0 radical (unpaired) electrons. The standard InChI is InChI=1S/C18H24N2O3/c1-3-10-20(18(21)14-4-5-14)12-16-11-17(19-23-16)13-6-8-15(22-2)9-7-13/h6-9,14,16H,3-5,10-12H2,1-2H3/t16-/m0/s1. The first kappa shape index (κ1) is 15.8. The van der Waals surface area contributed by atoms with Crippen molar-refractivity contribution in [1.29, 1.82) is 0 Å².